The second-order valence-corrected chi connectivity index (χ2v) is 8.67. The van der Waals surface area contributed by atoms with Crippen LogP contribution >= 0.6 is 11.6 Å². The Hall–Kier alpha value is -2.33. The highest BCUT2D eigenvalue weighted by molar-refractivity contribution is 6.30. The van der Waals surface area contributed by atoms with Gasteiger partial charge < -0.3 is 10.2 Å². The van der Waals surface area contributed by atoms with Crippen molar-refractivity contribution in [3.05, 3.63) is 70.2 Å². The van der Waals surface area contributed by atoms with Crippen LogP contribution in [0.1, 0.15) is 44.4 Å². The van der Waals surface area contributed by atoms with Crippen LogP contribution in [-0.4, -0.2) is 28.3 Å². The Labute approximate surface area is 172 Å². The third-order valence-corrected chi connectivity index (χ3v) is 4.58. The molecule has 1 N–H and O–H groups in total. The molecule has 0 unspecified atom stereocenters. The van der Waals surface area contributed by atoms with E-state index in [1.165, 1.54) is 0 Å². The van der Waals surface area contributed by atoms with Crippen molar-refractivity contribution < 1.29 is 9.59 Å². The topological polar surface area (TPSA) is 49.4 Å². The van der Waals surface area contributed by atoms with Crippen molar-refractivity contribution in [3.8, 4) is 0 Å². The normalized spacial score (nSPS) is 12.4. The van der Waals surface area contributed by atoms with Crippen LogP contribution in [-0.2, 0) is 22.6 Å². The van der Waals surface area contributed by atoms with Crippen molar-refractivity contribution >= 4 is 23.4 Å². The summed E-state index contributed by atoms with van der Waals surface area (Å²) in [5.74, 6) is -0.269. The third-order valence-electron chi connectivity index (χ3n) is 4.35. The molecule has 0 spiro atoms. The monoisotopic (exact) mass is 400 g/mol. The molecule has 2 aromatic rings. The van der Waals surface area contributed by atoms with Gasteiger partial charge in [-0.1, -0.05) is 53.6 Å². The van der Waals surface area contributed by atoms with Crippen LogP contribution in [0, 0.1) is 6.92 Å². The van der Waals surface area contributed by atoms with Gasteiger partial charge in [0.05, 0.1) is 6.42 Å². The standard InChI is InChI=1S/C23H29ClN2O2/c1-16-8-6-9-18(12-16)14-21(27)26(15-19-10-7-11-20(24)13-19)17(2)22(28)25-23(3,4)5/h6-13,17H,14-15H2,1-5H3,(H,25,28)/t17-/m0/s1. The van der Waals surface area contributed by atoms with E-state index < -0.39 is 6.04 Å². The zero-order chi connectivity index (χ0) is 20.9. The highest BCUT2D eigenvalue weighted by Crippen LogP contribution is 2.17. The Bertz CT molecular complexity index is 842. The number of rotatable bonds is 6. The number of nitrogens with one attached hydrogen (secondary N) is 1. The van der Waals surface area contributed by atoms with Gasteiger partial charge in [-0.25, -0.2) is 0 Å². The second kappa shape index (κ2) is 9.24. The Morgan fingerprint density at radius 1 is 1.07 bits per heavy atom. The van der Waals surface area contributed by atoms with Gasteiger partial charge in [0.2, 0.25) is 11.8 Å². The zero-order valence-electron chi connectivity index (χ0n) is 17.3. The first-order valence-corrected chi connectivity index (χ1v) is 9.84. The number of benzene rings is 2. The molecule has 28 heavy (non-hydrogen) atoms. The molecule has 0 aliphatic carbocycles. The van der Waals surface area contributed by atoms with Gasteiger partial charge in [0.25, 0.3) is 0 Å². The molecule has 0 aliphatic heterocycles. The highest BCUT2D eigenvalue weighted by Gasteiger charge is 2.28. The number of aryl methyl sites for hydroxylation is 1. The van der Waals surface area contributed by atoms with E-state index in [2.05, 4.69) is 5.32 Å². The molecule has 0 heterocycles. The number of nitrogens with zero attached hydrogens (tertiary/aromatic N) is 1. The molecule has 2 aromatic carbocycles. The van der Waals surface area contributed by atoms with Gasteiger partial charge in [0, 0.05) is 17.1 Å². The maximum absolute atomic E-state index is 13.1. The van der Waals surface area contributed by atoms with E-state index in [0.717, 1.165) is 16.7 Å². The molecule has 4 nitrogen and oxygen atoms in total. The number of amides is 2. The van der Waals surface area contributed by atoms with Gasteiger partial charge in [-0.05, 0) is 57.9 Å². The second-order valence-electron chi connectivity index (χ2n) is 8.23. The van der Waals surface area contributed by atoms with Crippen LogP contribution in [0.4, 0.5) is 0 Å². The van der Waals surface area contributed by atoms with Crippen molar-refractivity contribution in [1.82, 2.24) is 10.2 Å². The predicted molar refractivity (Wildman–Crippen MR) is 114 cm³/mol. The summed E-state index contributed by atoms with van der Waals surface area (Å²) in [5.41, 5.74) is 2.56. The van der Waals surface area contributed by atoms with Crippen LogP contribution < -0.4 is 5.32 Å². The van der Waals surface area contributed by atoms with E-state index in [9.17, 15) is 9.59 Å². The van der Waals surface area contributed by atoms with E-state index in [4.69, 9.17) is 11.6 Å². The molecule has 2 rings (SSSR count). The third kappa shape index (κ3) is 6.68. The molecule has 0 fully saturated rings. The van der Waals surface area contributed by atoms with Crippen LogP contribution in [0.2, 0.25) is 5.02 Å². The van der Waals surface area contributed by atoms with Gasteiger partial charge >= 0.3 is 0 Å². The zero-order valence-corrected chi connectivity index (χ0v) is 18.0. The summed E-state index contributed by atoms with van der Waals surface area (Å²) < 4.78 is 0. The summed E-state index contributed by atoms with van der Waals surface area (Å²) in [6.45, 7) is 9.86. The number of hydrogen-bond acceptors (Lipinski definition) is 2. The largest absolute Gasteiger partial charge is 0.350 e. The van der Waals surface area contributed by atoms with Crippen molar-refractivity contribution in [2.45, 2.75) is 59.2 Å². The maximum Gasteiger partial charge on any atom is 0.242 e. The van der Waals surface area contributed by atoms with Gasteiger partial charge in [-0.15, -0.1) is 0 Å². The van der Waals surface area contributed by atoms with Crippen LogP contribution in [0.15, 0.2) is 48.5 Å². The lowest BCUT2D eigenvalue weighted by atomic mass is 10.1. The van der Waals surface area contributed by atoms with Crippen molar-refractivity contribution in [2.75, 3.05) is 0 Å². The molecule has 5 heteroatoms. The Balaban J connectivity index is 2.26. The Morgan fingerprint density at radius 3 is 2.32 bits per heavy atom. The molecule has 0 radical (unpaired) electrons. The minimum atomic E-state index is -0.601. The van der Waals surface area contributed by atoms with Gasteiger partial charge in [0.1, 0.15) is 6.04 Å². The summed E-state index contributed by atoms with van der Waals surface area (Å²) in [7, 11) is 0. The molecule has 0 aliphatic rings. The van der Waals surface area contributed by atoms with E-state index in [0.29, 0.717) is 11.6 Å². The van der Waals surface area contributed by atoms with Crippen molar-refractivity contribution in [2.24, 2.45) is 0 Å². The summed E-state index contributed by atoms with van der Waals surface area (Å²) in [4.78, 5) is 27.5. The minimum absolute atomic E-state index is 0.0952. The molecule has 1 atom stereocenters. The van der Waals surface area contributed by atoms with Crippen LogP contribution in [0.25, 0.3) is 0 Å². The molecular formula is C23H29ClN2O2. The molecule has 0 saturated heterocycles. The maximum atomic E-state index is 13.1. The molecule has 150 valence electrons. The average Bonchev–Trinajstić information content (AvgIpc) is 2.57. The first-order chi connectivity index (χ1) is 13.0. The van der Waals surface area contributed by atoms with E-state index in [-0.39, 0.29) is 23.8 Å². The first kappa shape index (κ1) is 22.0. The number of carbonyl (C=O) groups is 2. The van der Waals surface area contributed by atoms with Crippen LogP contribution in [0.3, 0.4) is 0 Å². The number of halogens is 1. The molecule has 2 amide bonds. The van der Waals surface area contributed by atoms with Gasteiger partial charge in [0.15, 0.2) is 0 Å². The van der Waals surface area contributed by atoms with Crippen molar-refractivity contribution in [1.29, 1.82) is 0 Å². The molecule has 0 aromatic heterocycles. The summed E-state index contributed by atoms with van der Waals surface area (Å²) in [6, 6.07) is 14.6. The van der Waals surface area contributed by atoms with Gasteiger partial charge in [-0.2, -0.15) is 0 Å². The minimum Gasteiger partial charge on any atom is -0.350 e. The fraction of sp³-hybridized carbons (Fsp3) is 0.391. The summed E-state index contributed by atoms with van der Waals surface area (Å²) in [5, 5.41) is 3.57. The SMILES string of the molecule is Cc1cccc(CC(=O)N(Cc2cccc(Cl)c2)[C@@H](C)C(=O)NC(C)(C)C)c1. The number of hydrogen-bond donors (Lipinski definition) is 1. The van der Waals surface area contributed by atoms with Gasteiger partial charge in [-0.3, -0.25) is 9.59 Å². The highest BCUT2D eigenvalue weighted by atomic mass is 35.5. The fourth-order valence-corrected chi connectivity index (χ4v) is 3.20. The van der Waals surface area contributed by atoms with Crippen LogP contribution in [0.5, 0.6) is 0 Å². The van der Waals surface area contributed by atoms with E-state index in [1.54, 1.807) is 17.9 Å². The average molecular weight is 401 g/mol. The Morgan fingerprint density at radius 2 is 1.71 bits per heavy atom. The first-order valence-electron chi connectivity index (χ1n) is 9.46. The lowest BCUT2D eigenvalue weighted by Gasteiger charge is -2.31. The molecule has 0 bridgehead atoms. The summed E-state index contributed by atoms with van der Waals surface area (Å²) in [6.07, 6.45) is 0.245. The smallest absolute Gasteiger partial charge is 0.242 e. The quantitative estimate of drug-likeness (QED) is 0.774. The number of carbonyl (C=O) groups excluding carboxylic acids is 2. The lowest BCUT2D eigenvalue weighted by Crippen LogP contribution is -2.52. The fourth-order valence-electron chi connectivity index (χ4n) is 2.99. The molecule has 0 saturated carbocycles. The van der Waals surface area contributed by atoms with E-state index >= 15 is 0 Å². The molecular weight excluding hydrogens is 372 g/mol. The lowest BCUT2D eigenvalue weighted by molar-refractivity contribution is -0.140. The van der Waals surface area contributed by atoms with E-state index in [1.807, 2.05) is 70.2 Å². The summed E-state index contributed by atoms with van der Waals surface area (Å²) >= 11 is 6.10. The Kier molecular flexibility index (Phi) is 7.25. The predicted octanol–water partition coefficient (Wildman–Crippen LogP) is 4.52. The van der Waals surface area contributed by atoms with Crippen molar-refractivity contribution in [3.63, 3.8) is 0 Å².